The Morgan fingerprint density at radius 3 is 2.00 bits per heavy atom. The molecule has 27 heavy (non-hydrogen) atoms. The van der Waals surface area contributed by atoms with Crippen LogP contribution in [0.4, 0.5) is 0 Å². The van der Waals surface area contributed by atoms with Crippen molar-refractivity contribution in [2.24, 2.45) is 5.92 Å². The first-order valence-electron chi connectivity index (χ1n) is 10.0. The lowest BCUT2D eigenvalue weighted by Gasteiger charge is -2.40. The minimum absolute atomic E-state index is 0.0643. The van der Waals surface area contributed by atoms with Crippen LogP contribution in [-0.2, 0) is 18.8 Å². The van der Waals surface area contributed by atoms with Crippen molar-refractivity contribution in [1.82, 2.24) is 0 Å². The van der Waals surface area contributed by atoms with Crippen LogP contribution in [0.1, 0.15) is 81.6 Å². The van der Waals surface area contributed by atoms with E-state index in [9.17, 15) is 9.59 Å². The van der Waals surface area contributed by atoms with Crippen LogP contribution in [0.2, 0.25) is 18.1 Å². The van der Waals surface area contributed by atoms with Crippen molar-refractivity contribution < 1.29 is 18.8 Å². The van der Waals surface area contributed by atoms with Crippen molar-refractivity contribution in [3.05, 3.63) is 11.6 Å². The van der Waals surface area contributed by atoms with Crippen molar-refractivity contribution >= 4 is 20.1 Å². The number of hydrogen-bond acceptors (Lipinski definition) is 4. The minimum Gasteiger partial charge on any atom is -0.460 e. The van der Waals surface area contributed by atoms with E-state index in [2.05, 4.69) is 46.9 Å². The van der Waals surface area contributed by atoms with Gasteiger partial charge in [0.25, 0.3) is 0 Å². The van der Waals surface area contributed by atoms with E-state index in [4.69, 9.17) is 9.16 Å². The molecule has 0 aliphatic rings. The average molecular weight is 399 g/mol. The molecule has 0 saturated heterocycles. The fourth-order valence-electron chi connectivity index (χ4n) is 2.37. The van der Waals surface area contributed by atoms with Gasteiger partial charge in [0.05, 0.1) is 6.10 Å². The Bertz CT molecular complexity index is 535. The van der Waals surface area contributed by atoms with E-state index in [0.29, 0.717) is 0 Å². The Morgan fingerprint density at radius 1 is 1.07 bits per heavy atom. The quantitative estimate of drug-likeness (QED) is 0.205. The van der Waals surface area contributed by atoms with Crippen molar-refractivity contribution in [2.75, 3.05) is 0 Å². The molecular weight excluding hydrogens is 356 g/mol. The van der Waals surface area contributed by atoms with Gasteiger partial charge in [0.1, 0.15) is 17.8 Å². The molecule has 0 bridgehead atoms. The number of carbonyl (C=O) groups is 2. The van der Waals surface area contributed by atoms with Gasteiger partial charge in [-0.2, -0.15) is 0 Å². The maximum atomic E-state index is 12.8. The third kappa shape index (κ3) is 9.70. The van der Waals surface area contributed by atoms with Crippen molar-refractivity contribution in [3.8, 4) is 0 Å². The number of ether oxygens (including phenoxy) is 1. The molecule has 0 aromatic rings. The van der Waals surface area contributed by atoms with Crippen LogP contribution in [0.3, 0.4) is 0 Å². The molecule has 0 heterocycles. The normalized spacial score (nSPS) is 16.0. The summed E-state index contributed by atoms with van der Waals surface area (Å²) in [4.78, 5) is 24.8. The molecule has 0 radical (unpaired) electrons. The molecule has 0 aliphatic carbocycles. The third-order valence-corrected chi connectivity index (χ3v) is 9.88. The summed E-state index contributed by atoms with van der Waals surface area (Å²) in [6.45, 7) is 22.4. The summed E-state index contributed by atoms with van der Waals surface area (Å²) in [5, 5.41) is 0.0643. The number of carbonyl (C=O) groups excluding carboxylic acids is 2. The predicted molar refractivity (Wildman–Crippen MR) is 115 cm³/mol. The fourth-order valence-corrected chi connectivity index (χ4v) is 3.80. The summed E-state index contributed by atoms with van der Waals surface area (Å²) in [7, 11) is -2.02. The highest BCUT2D eigenvalue weighted by Crippen LogP contribution is 2.39. The van der Waals surface area contributed by atoms with Gasteiger partial charge in [0.2, 0.25) is 0 Å². The third-order valence-electron chi connectivity index (χ3n) is 5.37. The molecule has 0 fully saturated rings. The lowest BCUT2D eigenvalue weighted by Crippen LogP contribution is -2.46. The van der Waals surface area contributed by atoms with E-state index in [0.717, 1.165) is 12.8 Å². The second kappa shape index (κ2) is 10.0. The molecule has 4 nitrogen and oxygen atoms in total. The summed E-state index contributed by atoms with van der Waals surface area (Å²) in [6.07, 6.45) is 3.38. The summed E-state index contributed by atoms with van der Waals surface area (Å²) in [5.41, 5.74) is 0.700. The highest BCUT2D eigenvalue weighted by molar-refractivity contribution is 6.74. The van der Waals surface area contributed by atoms with Crippen LogP contribution in [-0.4, -0.2) is 31.8 Å². The summed E-state index contributed by atoms with van der Waals surface area (Å²) >= 11 is 0. The van der Waals surface area contributed by atoms with Crippen LogP contribution in [0.5, 0.6) is 0 Å². The van der Waals surface area contributed by atoms with E-state index < -0.39 is 19.9 Å². The van der Waals surface area contributed by atoms with Gasteiger partial charge < -0.3 is 9.16 Å². The van der Waals surface area contributed by atoms with Crippen LogP contribution >= 0.6 is 0 Å². The van der Waals surface area contributed by atoms with Gasteiger partial charge in [-0.3, -0.25) is 9.59 Å². The number of allylic oxidation sites excluding steroid dienone is 2. The van der Waals surface area contributed by atoms with E-state index in [-0.39, 0.29) is 29.3 Å². The molecule has 0 rings (SSSR count). The first-order valence-corrected chi connectivity index (χ1v) is 12.9. The standard InChI is InChI=1S/C22H42O4Si/c1-12-16(2)13-14-19(26-27(10,11)22(7,8)9)17(3)18(23)15-20(24)25-21(4,5)6/h12,17,19H,13-15H2,1-11H3/b16-12-/t17-,19-/m0/s1. The van der Waals surface area contributed by atoms with Gasteiger partial charge in [-0.25, -0.2) is 0 Å². The van der Waals surface area contributed by atoms with Gasteiger partial charge in [0.15, 0.2) is 8.32 Å². The molecule has 158 valence electrons. The van der Waals surface area contributed by atoms with Crippen molar-refractivity contribution in [2.45, 2.75) is 111 Å². The topological polar surface area (TPSA) is 52.6 Å². The summed E-state index contributed by atoms with van der Waals surface area (Å²) in [6, 6.07) is 0. The second-order valence-corrected chi connectivity index (χ2v) is 14.9. The number of hydrogen-bond donors (Lipinski definition) is 0. The molecule has 0 aromatic heterocycles. The lowest BCUT2D eigenvalue weighted by atomic mass is 9.93. The first kappa shape index (κ1) is 26.1. The van der Waals surface area contributed by atoms with Gasteiger partial charge in [-0.1, -0.05) is 39.3 Å². The Morgan fingerprint density at radius 2 is 1.59 bits per heavy atom. The van der Waals surface area contributed by atoms with Gasteiger partial charge in [0, 0.05) is 5.92 Å². The smallest absolute Gasteiger partial charge is 0.313 e. The highest BCUT2D eigenvalue weighted by atomic mass is 28.4. The minimum atomic E-state index is -2.02. The SMILES string of the molecule is C/C=C(/C)CC[C@H](O[Si](C)(C)C(C)(C)C)[C@@H](C)C(=O)CC(=O)OC(C)(C)C. The summed E-state index contributed by atoms with van der Waals surface area (Å²) < 4.78 is 11.9. The Hall–Kier alpha value is -0.943. The van der Waals surface area contributed by atoms with E-state index in [1.165, 1.54) is 5.57 Å². The predicted octanol–water partition coefficient (Wildman–Crippen LogP) is 6.06. The molecule has 2 atom stereocenters. The van der Waals surface area contributed by atoms with Gasteiger partial charge in [-0.15, -0.1) is 0 Å². The molecule has 0 N–H and O–H groups in total. The second-order valence-electron chi connectivity index (χ2n) is 10.1. The van der Waals surface area contributed by atoms with E-state index >= 15 is 0 Å². The fraction of sp³-hybridized carbons (Fsp3) is 0.818. The molecule has 0 aromatic carbocycles. The zero-order valence-electron chi connectivity index (χ0n) is 19.5. The Labute approximate surface area is 168 Å². The summed E-state index contributed by atoms with van der Waals surface area (Å²) in [5.74, 6) is -0.905. The number of esters is 1. The molecule has 0 unspecified atom stereocenters. The molecule has 0 saturated carbocycles. The number of rotatable bonds is 9. The van der Waals surface area contributed by atoms with E-state index in [1.807, 2.05) is 34.6 Å². The number of ketones is 1. The van der Waals surface area contributed by atoms with Crippen molar-refractivity contribution in [3.63, 3.8) is 0 Å². The zero-order chi connectivity index (χ0) is 21.6. The first-order chi connectivity index (χ1) is 12.0. The monoisotopic (exact) mass is 398 g/mol. The maximum Gasteiger partial charge on any atom is 0.313 e. The zero-order valence-corrected chi connectivity index (χ0v) is 20.5. The molecule has 5 heteroatoms. The van der Waals surface area contributed by atoms with Crippen LogP contribution in [0.15, 0.2) is 11.6 Å². The largest absolute Gasteiger partial charge is 0.460 e. The van der Waals surface area contributed by atoms with Gasteiger partial charge in [-0.05, 0) is 65.6 Å². The maximum absolute atomic E-state index is 12.8. The van der Waals surface area contributed by atoms with Crippen LogP contribution in [0, 0.1) is 5.92 Å². The van der Waals surface area contributed by atoms with E-state index in [1.54, 1.807) is 0 Å². The Balaban J connectivity index is 5.28. The molecular formula is C22H42O4Si. The Kier molecular flexibility index (Phi) is 9.66. The van der Waals surface area contributed by atoms with Crippen LogP contribution in [0.25, 0.3) is 0 Å². The highest BCUT2D eigenvalue weighted by Gasteiger charge is 2.41. The van der Waals surface area contributed by atoms with Crippen molar-refractivity contribution in [1.29, 1.82) is 0 Å². The van der Waals surface area contributed by atoms with Gasteiger partial charge >= 0.3 is 5.97 Å². The lowest BCUT2D eigenvalue weighted by molar-refractivity contribution is -0.157. The molecule has 0 spiro atoms. The van der Waals surface area contributed by atoms with Crippen LogP contribution < -0.4 is 0 Å². The number of Topliss-reactive ketones (excluding diaryl/α,β-unsaturated/α-hetero) is 1. The molecule has 0 aliphatic heterocycles. The average Bonchev–Trinajstić information content (AvgIpc) is 2.46. The molecule has 0 amide bonds.